The Balaban J connectivity index is 1.32. The fourth-order valence-corrected chi connectivity index (χ4v) is 7.03. The van der Waals surface area contributed by atoms with Crippen LogP contribution in [0.15, 0.2) is 60.7 Å². The Labute approximate surface area is 279 Å². The molecule has 5 rings (SSSR count). The second-order valence-electron chi connectivity index (χ2n) is 12.4. The van der Waals surface area contributed by atoms with Gasteiger partial charge in [-0.3, -0.25) is 9.59 Å². The summed E-state index contributed by atoms with van der Waals surface area (Å²) >= 11 is 12.4. The number of para-hydroxylation sites is 1. The number of halogens is 8. The molecule has 1 atom stereocenters. The van der Waals surface area contributed by atoms with Crippen molar-refractivity contribution in [2.24, 2.45) is 0 Å². The van der Waals surface area contributed by atoms with E-state index in [-0.39, 0.29) is 34.9 Å². The van der Waals surface area contributed by atoms with E-state index in [1.807, 2.05) is 23.1 Å². The number of anilines is 1. The van der Waals surface area contributed by atoms with Crippen LogP contribution in [0.3, 0.4) is 0 Å². The molecule has 1 unspecified atom stereocenters. The number of piperidine rings is 1. The molecule has 0 radical (unpaired) electrons. The van der Waals surface area contributed by atoms with Gasteiger partial charge in [0.15, 0.2) is 0 Å². The Morgan fingerprint density at radius 3 is 2.09 bits per heavy atom. The van der Waals surface area contributed by atoms with Crippen molar-refractivity contribution in [2.45, 2.75) is 49.9 Å². The molecule has 0 N–H and O–H groups in total. The molecule has 47 heavy (non-hydrogen) atoms. The first-order valence-corrected chi connectivity index (χ1v) is 15.8. The standard InChI is InChI=1S/C34H33Cl2F6N3O2/c1-21(46)45-20-32(27-5-3-4-6-30(27)45)10-13-44(14-11-32)12-9-23(22-7-8-28(35)29(36)17-22)19-43(2)31(47)24-15-25(33(37,38)39)18-26(16-24)34(40,41)42/h3-8,15-18,23H,9-14,19-20H2,1-2H3. The van der Waals surface area contributed by atoms with Crippen LogP contribution in [0.5, 0.6) is 0 Å². The number of amides is 2. The Kier molecular flexibility index (Phi) is 9.93. The van der Waals surface area contributed by atoms with Gasteiger partial charge in [-0.15, -0.1) is 0 Å². The summed E-state index contributed by atoms with van der Waals surface area (Å²) in [6.45, 7) is 4.33. The molecule has 0 bridgehead atoms. The van der Waals surface area contributed by atoms with Gasteiger partial charge in [0.05, 0.1) is 21.2 Å². The number of likely N-dealkylation sites (N-methyl/N-ethyl adjacent to an activating group) is 1. The van der Waals surface area contributed by atoms with Gasteiger partial charge in [0.25, 0.3) is 5.91 Å². The van der Waals surface area contributed by atoms with Crippen LogP contribution in [0.2, 0.25) is 10.0 Å². The van der Waals surface area contributed by atoms with Crippen LogP contribution in [0.4, 0.5) is 32.0 Å². The van der Waals surface area contributed by atoms with E-state index in [1.54, 1.807) is 25.1 Å². The molecular formula is C34H33Cl2F6N3O2. The molecule has 5 nitrogen and oxygen atoms in total. The molecule has 2 amide bonds. The highest BCUT2D eigenvalue weighted by atomic mass is 35.5. The molecular weight excluding hydrogens is 667 g/mol. The number of benzene rings is 3. The van der Waals surface area contributed by atoms with Crippen molar-refractivity contribution in [1.82, 2.24) is 9.80 Å². The van der Waals surface area contributed by atoms with Crippen LogP contribution < -0.4 is 4.90 Å². The lowest BCUT2D eigenvalue weighted by Crippen LogP contribution is -2.46. The molecule has 1 fully saturated rings. The quantitative estimate of drug-likeness (QED) is 0.232. The zero-order chi connectivity index (χ0) is 34.3. The minimum absolute atomic E-state index is 0.000147. The van der Waals surface area contributed by atoms with Crippen molar-refractivity contribution in [3.8, 4) is 0 Å². The number of carbonyl (C=O) groups is 2. The Hall–Kier alpha value is -3.28. The van der Waals surface area contributed by atoms with Gasteiger partial charge in [0, 0.05) is 49.6 Å². The van der Waals surface area contributed by atoms with Gasteiger partial charge in [0.1, 0.15) is 0 Å². The van der Waals surface area contributed by atoms with E-state index in [4.69, 9.17) is 23.2 Å². The number of carbonyl (C=O) groups excluding carboxylic acids is 2. The monoisotopic (exact) mass is 699 g/mol. The predicted molar refractivity (Wildman–Crippen MR) is 169 cm³/mol. The molecule has 1 spiro atoms. The average Bonchev–Trinajstić information content (AvgIpc) is 3.34. The molecule has 252 valence electrons. The maximum atomic E-state index is 13.5. The van der Waals surface area contributed by atoms with Crippen LogP contribution in [-0.2, 0) is 22.6 Å². The largest absolute Gasteiger partial charge is 0.416 e. The first kappa shape index (κ1) is 35.0. The third kappa shape index (κ3) is 7.57. The highest BCUT2D eigenvalue weighted by molar-refractivity contribution is 6.42. The second-order valence-corrected chi connectivity index (χ2v) is 13.2. The van der Waals surface area contributed by atoms with Gasteiger partial charge in [-0.05, 0) is 86.4 Å². The summed E-state index contributed by atoms with van der Waals surface area (Å²) in [6, 6.07) is 13.9. The molecule has 2 aliphatic rings. The summed E-state index contributed by atoms with van der Waals surface area (Å²) in [6.07, 6.45) is -7.96. The lowest BCUT2D eigenvalue weighted by Gasteiger charge is -2.40. The topological polar surface area (TPSA) is 43.9 Å². The fourth-order valence-electron chi connectivity index (χ4n) is 6.72. The average molecular weight is 701 g/mol. The molecule has 3 aromatic carbocycles. The number of nitrogens with zero attached hydrogens (tertiary/aromatic N) is 3. The lowest BCUT2D eigenvalue weighted by molar-refractivity contribution is -0.143. The Bertz CT molecular complexity index is 1620. The minimum atomic E-state index is -5.07. The van der Waals surface area contributed by atoms with Gasteiger partial charge in [-0.1, -0.05) is 47.5 Å². The van der Waals surface area contributed by atoms with E-state index in [0.717, 1.165) is 42.1 Å². The molecule has 3 aromatic rings. The van der Waals surface area contributed by atoms with Crippen LogP contribution in [0.1, 0.15) is 64.7 Å². The zero-order valence-corrected chi connectivity index (χ0v) is 27.2. The van der Waals surface area contributed by atoms with Crippen molar-refractivity contribution in [2.75, 3.05) is 44.7 Å². The molecule has 13 heteroatoms. The van der Waals surface area contributed by atoms with E-state index in [0.29, 0.717) is 36.7 Å². The third-order valence-corrected chi connectivity index (χ3v) is 10.0. The van der Waals surface area contributed by atoms with Crippen LogP contribution >= 0.6 is 23.2 Å². The summed E-state index contributed by atoms with van der Waals surface area (Å²) in [5.41, 5.74) is -1.10. The van der Waals surface area contributed by atoms with E-state index in [1.165, 1.54) is 12.6 Å². The molecule has 0 aliphatic carbocycles. The number of rotatable bonds is 7. The first-order valence-electron chi connectivity index (χ1n) is 15.1. The third-order valence-electron chi connectivity index (χ3n) is 9.30. The fraction of sp³-hybridized carbons (Fsp3) is 0.412. The van der Waals surface area contributed by atoms with Gasteiger partial charge < -0.3 is 14.7 Å². The summed E-state index contributed by atoms with van der Waals surface area (Å²) < 4.78 is 80.8. The number of likely N-dealkylation sites (tertiary alicyclic amines) is 1. The van der Waals surface area contributed by atoms with E-state index >= 15 is 0 Å². The van der Waals surface area contributed by atoms with Crippen molar-refractivity contribution in [3.05, 3.63) is 98.5 Å². The molecule has 0 aromatic heterocycles. The number of hydrogen-bond acceptors (Lipinski definition) is 3. The summed E-state index contributed by atoms with van der Waals surface area (Å²) in [7, 11) is 1.35. The lowest BCUT2D eigenvalue weighted by atomic mass is 9.74. The highest BCUT2D eigenvalue weighted by Crippen LogP contribution is 2.47. The molecule has 1 saturated heterocycles. The van der Waals surface area contributed by atoms with Crippen molar-refractivity contribution in [3.63, 3.8) is 0 Å². The van der Waals surface area contributed by atoms with Gasteiger partial charge >= 0.3 is 12.4 Å². The first-order chi connectivity index (χ1) is 22.0. The summed E-state index contributed by atoms with van der Waals surface area (Å²) in [5.74, 6) is -1.33. The Morgan fingerprint density at radius 2 is 1.51 bits per heavy atom. The van der Waals surface area contributed by atoms with Gasteiger partial charge in [0.2, 0.25) is 5.91 Å². The Morgan fingerprint density at radius 1 is 0.894 bits per heavy atom. The predicted octanol–water partition coefficient (Wildman–Crippen LogP) is 8.68. The van der Waals surface area contributed by atoms with Crippen molar-refractivity contribution < 1.29 is 35.9 Å². The van der Waals surface area contributed by atoms with Crippen LogP contribution in [-0.4, -0.2) is 61.4 Å². The van der Waals surface area contributed by atoms with Crippen LogP contribution in [0, 0.1) is 0 Å². The molecule has 2 heterocycles. The van der Waals surface area contributed by atoms with E-state index < -0.39 is 35.0 Å². The SMILES string of the molecule is CC(=O)N1CC2(CCN(CCC(CN(C)C(=O)c3cc(C(F)(F)F)cc(C(F)(F)F)c3)c3ccc(Cl)c(Cl)c3)CC2)c2ccccc21. The molecule has 0 saturated carbocycles. The van der Waals surface area contributed by atoms with Gasteiger partial charge in [-0.25, -0.2) is 0 Å². The maximum absolute atomic E-state index is 13.5. The van der Waals surface area contributed by atoms with E-state index in [2.05, 4.69) is 11.0 Å². The number of alkyl halides is 6. The van der Waals surface area contributed by atoms with Crippen molar-refractivity contribution >= 4 is 40.7 Å². The second kappa shape index (κ2) is 13.3. The normalized spacial score (nSPS) is 17.1. The number of fused-ring (bicyclic) bond motifs is 2. The highest BCUT2D eigenvalue weighted by Gasteiger charge is 2.45. The van der Waals surface area contributed by atoms with E-state index in [9.17, 15) is 35.9 Å². The van der Waals surface area contributed by atoms with Crippen molar-refractivity contribution in [1.29, 1.82) is 0 Å². The number of hydrogen-bond donors (Lipinski definition) is 0. The van der Waals surface area contributed by atoms with Crippen LogP contribution in [0.25, 0.3) is 0 Å². The zero-order valence-electron chi connectivity index (χ0n) is 25.7. The summed E-state index contributed by atoms with van der Waals surface area (Å²) in [4.78, 5) is 31.0. The summed E-state index contributed by atoms with van der Waals surface area (Å²) in [5, 5.41) is 0.603. The minimum Gasteiger partial charge on any atom is -0.341 e. The maximum Gasteiger partial charge on any atom is 0.416 e. The van der Waals surface area contributed by atoms with Gasteiger partial charge in [-0.2, -0.15) is 26.3 Å². The molecule has 2 aliphatic heterocycles. The smallest absolute Gasteiger partial charge is 0.341 e.